The molecule has 1 fully saturated rings. The van der Waals surface area contributed by atoms with E-state index in [4.69, 9.17) is 0 Å². The molecule has 1 amide bonds. The first-order valence-corrected chi connectivity index (χ1v) is 8.83. The maximum Gasteiger partial charge on any atom is 0.264 e. The minimum Gasteiger partial charge on any atom is -0.300 e. The van der Waals surface area contributed by atoms with E-state index in [1.165, 1.54) is 22.9 Å². The van der Waals surface area contributed by atoms with Crippen LogP contribution in [0.15, 0.2) is 52.4 Å². The number of amidine groups is 1. The van der Waals surface area contributed by atoms with Crippen LogP contribution in [0.4, 0.5) is 5.69 Å². The second-order valence-electron chi connectivity index (χ2n) is 5.80. The van der Waals surface area contributed by atoms with Gasteiger partial charge in [-0.05, 0) is 66.4 Å². The Morgan fingerprint density at radius 1 is 1.12 bits per heavy atom. The van der Waals surface area contributed by atoms with E-state index in [2.05, 4.69) is 42.4 Å². The lowest BCUT2D eigenvalue weighted by atomic mass is 10.1. The van der Waals surface area contributed by atoms with Gasteiger partial charge >= 0.3 is 0 Å². The van der Waals surface area contributed by atoms with Crippen LogP contribution in [-0.4, -0.2) is 11.1 Å². The average Bonchev–Trinajstić information content (AvgIpc) is 2.92. The molecule has 0 atom stereocenters. The van der Waals surface area contributed by atoms with Crippen molar-refractivity contribution >= 4 is 34.6 Å². The minimum atomic E-state index is -0.0939. The van der Waals surface area contributed by atoms with Crippen molar-refractivity contribution in [2.24, 2.45) is 4.99 Å². The molecule has 3 rings (SSSR count). The SMILES string of the molecule is CCc1ccc(C=C2SC(=Nc3cccc(C)c3C)NC2=O)cc1. The Hall–Kier alpha value is -2.33. The highest BCUT2D eigenvalue weighted by molar-refractivity contribution is 8.18. The highest BCUT2D eigenvalue weighted by Gasteiger charge is 2.23. The summed E-state index contributed by atoms with van der Waals surface area (Å²) in [5, 5.41) is 3.48. The molecule has 0 bridgehead atoms. The maximum absolute atomic E-state index is 12.2. The Morgan fingerprint density at radius 3 is 2.58 bits per heavy atom. The van der Waals surface area contributed by atoms with Gasteiger partial charge in [-0.3, -0.25) is 4.79 Å². The third-order valence-corrected chi connectivity index (χ3v) is 5.04. The van der Waals surface area contributed by atoms with Gasteiger partial charge < -0.3 is 5.32 Å². The molecule has 1 saturated heterocycles. The van der Waals surface area contributed by atoms with Gasteiger partial charge in [-0.1, -0.05) is 43.3 Å². The Labute approximate surface area is 146 Å². The maximum atomic E-state index is 12.2. The molecular weight excluding hydrogens is 316 g/mol. The quantitative estimate of drug-likeness (QED) is 0.821. The Bertz CT molecular complexity index is 835. The summed E-state index contributed by atoms with van der Waals surface area (Å²) in [7, 11) is 0. The number of carbonyl (C=O) groups excluding carboxylic acids is 1. The molecule has 0 saturated carbocycles. The lowest BCUT2D eigenvalue weighted by Gasteiger charge is -2.04. The largest absolute Gasteiger partial charge is 0.300 e. The predicted molar refractivity (Wildman–Crippen MR) is 103 cm³/mol. The van der Waals surface area contributed by atoms with Crippen LogP contribution in [0.3, 0.4) is 0 Å². The van der Waals surface area contributed by atoms with Crippen LogP contribution in [-0.2, 0) is 11.2 Å². The summed E-state index contributed by atoms with van der Waals surface area (Å²) in [6.45, 7) is 6.23. The first kappa shape index (κ1) is 16.5. The van der Waals surface area contributed by atoms with Crippen LogP contribution in [0.5, 0.6) is 0 Å². The zero-order valence-electron chi connectivity index (χ0n) is 14.1. The van der Waals surface area contributed by atoms with Gasteiger partial charge in [0.25, 0.3) is 5.91 Å². The fraction of sp³-hybridized carbons (Fsp3) is 0.200. The number of hydrogen-bond acceptors (Lipinski definition) is 3. The highest BCUT2D eigenvalue weighted by atomic mass is 32.2. The zero-order valence-corrected chi connectivity index (χ0v) is 14.9. The van der Waals surface area contributed by atoms with E-state index in [0.29, 0.717) is 10.1 Å². The van der Waals surface area contributed by atoms with E-state index in [1.54, 1.807) is 0 Å². The molecule has 0 aliphatic carbocycles. The molecular formula is C20H20N2OS. The number of carbonyl (C=O) groups is 1. The van der Waals surface area contributed by atoms with Crippen LogP contribution in [0.1, 0.15) is 29.2 Å². The molecule has 1 aliphatic heterocycles. The van der Waals surface area contributed by atoms with Gasteiger partial charge in [0.15, 0.2) is 5.17 Å². The number of hydrogen-bond donors (Lipinski definition) is 1. The topological polar surface area (TPSA) is 41.5 Å². The van der Waals surface area contributed by atoms with Gasteiger partial charge in [0.1, 0.15) is 0 Å². The van der Waals surface area contributed by atoms with Gasteiger partial charge in [-0.2, -0.15) is 0 Å². The Kier molecular flexibility index (Phi) is 4.86. The predicted octanol–water partition coefficient (Wildman–Crippen LogP) is 4.76. The summed E-state index contributed by atoms with van der Waals surface area (Å²) in [6.07, 6.45) is 2.92. The molecule has 0 aromatic heterocycles. The van der Waals surface area contributed by atoms with Gasteiger partial charge in [-0.25, -0.2) is 4.99 Å². The zero-order chi connectivity index (χ0) is 17.1. The van der Waals surface area contributed by atoms with E-state index < -0.39 is 0 Å². The van der Waals surface area contributed by atoms with Crippen LogP contribution >= 0.6 is 11.8 Å². The average molecular weight is 336 g/mol. The van der Waals surface area contributed by atoms with Crippen LogP contribution in [0.25, 0.3) is 6.08 Å². The number of benzene rings is 2. The van der Waals surface area contributed by atoms with Crippen molar-refractivity contribution in [3.05, 3.63) is 69.6 Å². The highest BCUT2D eigenvalue weighted by Crippen LogP contribution is 2.29. The Morgan fingerprint density at radius 2 is 1.88 bits per heavy atom. The van der Waals surface area contributed by atoms with Crippen LogP contribution < -0.4 is 5.32 Å². The molecule has 1 heterocycles. The standard InChI is InChI=1S/C20H20N2OS/c1-4-15-8-10-16(11-9-15)12-18-19(23)22-20(24-18)21-17-7-5-6-13(2)14(17)3/h5-12H,4H2,1-3H3,(H,21,22,23). The normalized spacial score (nSPS) is 17.5. The van der Waals surface area contributed by atoms with Crippen LogP contribution in [0, 0.1) is 13.8 Å². The smallest absolute Gasteiger partial charge is 0.264 e. The van der Waals surface area contributed by atoms with Crippen molar-refractivity contribution < 1.29 is 4.79 Å². The summed E-state index contributed by atoms with van der Waals surface area (Å²) in [5.74, 6) is -0.0939. The minimum absolute atomic E-state index is 0.0939. The molecule has 3 nitrogen and oxygen atoms in total. The number of thioether (sulfide) groups is 1. The first-order chi connectivity index (χ1) is 11.6. The van der Waals surface area contributed by atoms with Crippen molar-refractivity contribution in [1.82, 2.24) is 5.32 Å². The van der Waals surface area contributed by atoms with E-state index in [9.17, 15) is 4.79 Å². The van der Waals surface area contributed by atoms with Gasteiger partial charge in [0.05, 0.1) is 10.6 Å². The van der Waals surface area contributed by atoms with Gasteiger partial charge in [0, 0.05) is 0 Å². The monoisotopic (exact) mass is 336 g/mol. The van der Waals surface area contributed by atoms with Crippen LogP contribution in [0.2, 0.25) is 0 Å². The molecule has 122 valence electrons. The van der Waals surface area contributed by atoms with E-state index in [1.807, 2.05) is 37.3 Å². The van der Waals surface area contributed by atoms with Crippen molar-refractivity contribution in [3.63, 3.8) is 0 Å². The Balaban J connectivity index is 1.83. The van der Waals surface area contributed by atoms with Gasteiger partial charge in [0.2, 0.25) is 0 Å². The molecule has 2 aromatic carbocycles. The van der Waals surface area contributed by atoms with Crippen molar-refractivity contribution in [2.75, 3.05) is 0 Å². The second kappa shape index (κ2) is 7.05. The fourth-order valence-electron chi connectivity index (χ4n) is 2.45. The number of nitrogens with zero attached hydrogens (tertiary/aromatic N) is 1. The molecule has 0 spiro atoms. The number of aryl methyl sites for hydroxylation is 2. The molecule has 0 unspecified atom stereocenters. The fourth-order valence-corrected chi connectivity index (χ4v) is 3.28. The van der Waals surface area contributed by atoms with E-state index in [-0.39, 0.29) is 5.91 Å². The summed E-state index contributed by atoms with van der Waals surface area (Å²) in [4.78, 5) is 17.4. The summed E-state index contributed by atoms with van der Waals surface area (Å²) < 4.78 is 0. The lowest BCUT2D eigenvalue weighted by molar-refractivity contribution is -0.115. The number of aliphatic imine (C=N–C) groups is 1. The summed E-state index contributed by atoms with van der Waals surface area (Å²) in [6, 6.07) is 14.3. The molecule has 1 aliphatic rings. The molecule has 1 N–H and O–H groups in total. The lowest BCUT2D eigenvalue weighted by Crippen LogP contribution is -2.19. The second-order valence-corrected chi connectivity index (χ2v) is 6.83. The van der Waals surface area contributed by atoms with Crippen molar-refractivity contribution in [2.45, 2.75) is 27.2 Å². The van der Waals surface area contributed by atoms with E-state index >= 15 is 0 Å². The summed E-state index contributed by atoms with van der Waals surface area (Å²) in [5.41, 5.74) is 5.53. The third-order valence-electron chi connectivity index (χ3n) is 4.13. The van der Waals surface area contributed by atoms with Crippen molar-refractivity contribution in [3.8, 4) is 0 Å². The molecule has 4 heteroatoms. The van der Waals surface area contributed by atoms with Gasteiger partial charge in [-0.15, -0.1) is 0 Å². The number of nitrogens with one attached hydrogen (secondary N) is 1. The first-order valence-electron chi connectivity index (χ1n) is 8.01. The number of rotatable bonds is 3. The van der Waals surface area contributed by atoms with Crippen molar-refractivity contribution in [1.29, 1.82) is 0 Å². The molecule has 2 aromatic rings. The molecule has 0 radical (unpaired) electrons. The molecule has 24 heavy (non-hydrogen) atoms. The summed E-state index contributed by atoms with van der Waals surface area (Å²) >= 11 is 1.38. The number of amides is 1. The van der Waals surface area contributed by atoms with E-state index in [0.717, 1.165) is 23.2 Å². The third kappa shape index (κ3) is 3.60.